The normalized spacial score (nSPS) is 14.3. The molecule has 0 bridgehead atoms. The monoisotopic (exact) mass is 724 g/mol. The van der Waals surface area contributed by atoms with E-state index in [9.17, 15) is 0 Å². The maximum atomic E-state index is 2.36. The van der Waals surface area contributed by atoms with Crippen LogP contribution in [0.5, 0.6) is 0 Å². The summed E-state index contributed by atoms with van der Waals surface area (Å²) in [5.41, 5.74) is 20.2. The molecule has 0 saturated heterocycles. The van der Waals surface area contributed by atoms with Crippen LogP contribution in [0.25, 0.3) is 44.2 Å². The quantitative estimate of drug-likeness (QED) is 0.167. The summed E-state index contributed by atoms with van der Waals surface area (Å²) in [4.78, 5) is 0. The first-order valence-electron chi connectivity index (χ1n) is 20.0. The second-order valence-electron chi connectivity index (χ2n) is 14.7. The minimum atomic E-state index is -0.259. The molecular weight excluding hydrogens is 673 g/mol. The van der Waals surface area contributed by atoms with Gasteiger partial charge in [0.2, 0.25) is 0 Å². The molecule has 0 radical (unpaired) electrons. The number of fused-ring (bicyclic) bond motifs is 8. The van der Waals surface area contributed by atoms with Crippen molar-refractivity contribution in [1.82, 2.24) is 0 Å². The molecule has 2 aliphatic rings. The Morgan fingerprint density at radius 3 is 1.54 bits per heavy atom. The SMILES string of the molecule is CC.CC1=C(c2ccccc2C)C2(c3ccccc31)c1ccccc1-c1c(C)cccc12.Cc1ccc(-c2ccccc2)cc1.Cc1ccc2ccccc2c1. The fraction of sp³-hybridized carbons (Fsp3) is 0.143. The van der Waals surface area contributed by atoms with E-state index in [1.54, 1.807) is 0 Å². The van der Waals surface area contributed by atoms with E-state index in [0.29, 0.717) is 0 Å². The summed E-state index contributed by atoms with van der Waals surface area (Å²) in [6.45, 7) is 15.0. The third kappa shape index (κ3) is 6.93. The first-order valence-corrected chi connectivity index (χ1v) is 20.0. The van der Waals surface area contributed by atoms with Gasteiger partial charge in [-0.2, -0.15) is 0 Å². The molecule has 0 heterocycles. The molecule has 8 aromatic carbocycles. The zero-order valence-electron chi connectivity index (χ0n) is 33.9. The number of rotatable bonds is 2. The maximum absolute atomic E-state index is 2.36. The predicted octanol–water partition coefficient (Wildman–Crippen LogP) is 15.4. The maximum Gasteiger partial charge on any atom is 0.0728 e. The van der Waals surface area contributed by atoms with Crippen LogP contribution >= 0.6 is 0 Å². The molecule has 2 aliphatic carbocycles. The molecule has 0 nitrogen and oxygen atoms in total. The summed E-state index contributed by atoms with van der Waals surface area (Å²) in [5.74, 6) is 0. The molecule has 8 aromatic rings. The molecule has 1 atom stereocenters. The van der Waals surface area contributed by atoms with Crippen molar-refractivity contribution in [2.45, 2.75) is 53.9 Å². The third-order valence-electron chi connectivity index (χ3n) is 11.2. The van der Waals surface area contributed by atoms with Crippen molar-refractivity contribution < 1.29 is 0 Å². The van der Waals surface area contributed by atoms with Crippen molar-refractivity contribution in [2.24, 2.45) is 0 Å². The standard InChI is InChI=1S/C30H24.C13H12.C11H10.C2H6/c1-19-11-4-5-13-22(19)29-21(3)23-14-6-8-16-25(23)30(29)26-17-9-7-15-24(26)28-20(2)12-10-18-27(28)30;1-11-7-9-13(10-8-11)12-5-3-2-4-6-12;1-9-6-7-10-4-2-3-5-11(10)8-9;1-2/h4-18H,1-3H3;2-10H,1H3;2-8H,1H3;1-2H3. The minimum Gasteiger partial charge on any atom is -0.0683 e. The lowest BCUT2D eigenvalue weighted by Gasteiger charge is -2.33. The largest absolute Gasteiger partial charge is 0.0728 e. The highest BCUT2D eigenvalue weighted by molar-refractivity contribution is 6.09. The summed E-state index contributed by atoms with van der Waals surface area (Å²) in [6.07, 6.45) is 0. The number of allylic oxidation sites excluding steroid dienone is 2. The highest BCUT2D eigenvalue weighted by Gasteiger charge is 2.52. The Balaban J connectivity index is 0.000000152. The fourth-order valence-corrected chi connectivity index (χ4v) is 8.70. The first kappa shape index (κ1) is 38.1. The highest BCUT2D eigenvalue weighted by Crippen LogP contribution is 2.64. The van der Waals surface area contributed by atoms with Gasteiger partial charge in [-0.3, -0.25) is 0 Å². The third-order valence-corrected chi connectivity index (χ3v) is 11.2. The van der Waals surface area contributed by atoms with Crippen LogP contribution in [0.3, 0.4) is 0 Å². The van der Waals surface area contributed by atoms with Gasteiger partial charge in [-0.05, 0) is 118 Å². The number of benzene rings is 8. The molecule has 276 valence electrons. The van der Waals surface area contributed by atoms with Crippen molar-refractivity contribution in [1.29, 1.82) is 0 Å². The molecule has 56 heavy (non-hydrogen) atoms. The number of hydrogen-bond donors (Lipinski definition) is 0. The lowest BCUT2D eigenvalue weighted by molar-refractivity contribution is 0.840. The van der Waals surface area contributed by atoms with E-state index in [-0.39, 0.29) is 5.41 Å². The van der Waals surface area contributed by atoms with E-state index < -0.39 is 0 Å². The average molecular weight is 725 g/mol. The Bertz CT molecular complexity index is 2640. The van der Waals surface area contributed by atoms with E-state index in [0.717, 1.165) is 0 Å². The topological polar surface area (TPSA) is 0 Å². The van der Waals surface area contributed by atoms with Gasteiger partial charge >= 0.3 is 0 Å². The summed E-state index contributed by atoms with van der Waals surface area (Å²) in [7, 11) is 0. The molecule has 0 heteroatoms. The number of hydrogen-bond acceptors (Lipinski definition) is 0. The predicted molar refractivity (Wildman–Crippen MR) is 243 cm³/mol. The first-order chi connectivity index (χ1) is 27.4. The molecule has 0 fully saturated rings. The molecular formula is C56H52. The zero-order valence-corrected chi connectivity index (χ0v) is 33.9. The molecule has 1 unspecified atom stereocenters. The smallest absolute Gasteiger partial charge is 0.0683 e. The van der Waals surface area contributed by atoms with Gasteiger partial charge in [0.05, 0.1) is 5.41 Å². The highest BCUT2D eigenvalue weighted by atomic mass is 14.5. The molecule has 0 aromatic heterocycles. The summed E-state index contributed by atoms with van der Waals surface area (Å²) in [6, 6.07) is 67.7. The molecule has 1 spiro atoms. The Labute approximate surface area is 334 Å². The lowest BCUT2D eigenvalue weighted by atomic mass is 9.67. The van der Waals surface area contributed by atoms with Crippen molar-refractivity contribution in [3.63, 3.8) is 0 Å². The van der Waals surface area contributed by atoms with Gasteiger partial charge < -0.3 is 0 Å². The van der Waals surface area contributed by atoms with Crippen LogP contribution in [-0.4, -0.2) is 0 Å². The van der Waals surface area contributed by atoms with Gasteiger partial charge in [-0.15, -0.1) is 0 Å². The van der Waals surface area contributed by atoms with Crippen molar-refractivity contribution in [3.05, 3.63) is 238 Å². The Morgan fingerprint density at radius 1 is 0.339 bits per heavy atom. The van der Waals surface area contributed by atoms with E-state index in [1.807, 2.05) is 19.9 Å². The molecule has 0 saturated carbocycles. The van der Waals surface area contributed by atoms with Gasteiger partial charge in [0.25, 0.3) is 0 Å². The summed E-state index contributed by atoms with van der Waals surface area (Å²) in [5, 5.41) is 2.64. The Kier molecular flexibility index (Phi) is 11.3. The van der Waals surface area contributed by atoms with Crippen LogP contribution in [0.1, 0.15) is 70.8 Å². The molecule has 0 amide bonds. The van der Waals surface area contributed by atoms with E-state index >= 15 is 0 Å². The second kappa shape index (κ2) is 16.6. The van der Waals surface area contributed by atoms with E-state index in [1.165, 1.54) is 94.2 Å². The lowest BCUT2D eigenvalue weighted by Crippen LogP contribution is -2.27. The van der Waals surface area contributed by atoms with Gasteiger partial charge in [0.15, 0.2) is 0 Å². The summed E-state index contributed by atoms with van der Waals surface area (Å²) < 4.78 is 0. The minimum absolute atomic E-state index is 0.259. The van der Waals surface area contributed by atoms with Crippen molar-refractivity contribution >= 4 is 21.9 Å². The molecule has 0 aliphatic heterocycles. The van der Waals surface area contributed by atoms with Gasteiger partial charge in [0, 0.05) is 0 Å². The van der Waals surface area contributed by atoms with Gasteiger partial charge in [-0.1, -0.05) is 213 Å². The summed E-state index contributed by atoms with van der Waals surface area (Å²) >= 11 is 0. The van der Waals surface area contributed by atoms with Crippen molar-refractivity contribution in [2.75, 3.05) is 0 Å². The van der Waals surface area contributed by atoms with Gasteiger partial charge in [0.1, 0.15) is 0 Å². The van der Waals surface area contributed by atoms with Crippen molar-refractivity contribution in [3.8, 4) is 22.3 Å². The van der Waals surface area contributed by atoms with Crippen LogP contribution in [-0.2, 0) is 5.41 Å². The second-order valence-corrected chi connectivity index (χ2v) is 14.7. The van der Waals surface area contributed by atoms with Crippen LogP contribution in [0.4, 0.5) is 0 Å². The average Bonchev–Trinajstić information content (AvgIpc) is 3.69. The van der Waals surface area contributed by atoms with Crippen LogP contribution in [0.2, 0.25) is 0 Å². The molecule has 10 rings (SSSR count). The van der Waals surface area contributed by atoms with Crippen LogP contribution < -0.4 is 0 Å². The van der Waals surface area contributed by atoms with Crippen LogP contribution in [0.15, 0.2) is 188 Å². The number of aryl methyl sites for hydroxylation is 4. The van der Waals surface area contributed by atoms with Gasteiger partial charge in [-0.25, -0.2) is 0 Å². The fourth-order valence-electron chi connectivity index (χ4n) is 8.70. The molecule has 0 N–H and O–H groups in total. The Morgan fingerprint density at radius 2 is 0.839 bits per heavy atom. The van der Waals surface area contributed by atoms with Crippen LogP contribution in [0, 0.1) is 27.7 Å². The van der Waals surface area contributed by atoms with E-state index in [2.05, 4.69) is 217 Å². The Hall–Kier alpha value is -6.24. The zero-order chi connectivity index (χ0) is 39.2. The van der Waals surface area contributed by atoms with E-state index in [4.69, 9.17) is 0 Å².